The average molecular weight is 341 g/mol. The Morgan fingerprint density at radius 3 is 2.76 bits per heavy atom. The van der Waals surface area contributed by atoms with E-state index in [0.29, 0.717) is 0 Å². The molecule has 25 heavy (non-hydrogen) atoms. The molecule has 0 aliphatic carbocycles. The molecular formula is C18H19N3O4. The van der Waals surface area contributed by atoms with Gasteiger partial charge >= 0.3 is 5.97 Å². The number of benzene rings is 1. The van der Waals surface area contributed by atoms with Crippen molar-refractivity contribution in [3.8, 4) is 0 Å². The van der Waals surface area contributed by atoms with E-state index >= 15 is 0 Å². The number of para-hydroxylation sites is 1. The second kappa shape index (κ2) is 6.80. The van der Waals surface area contributed by atoms with Gasteiger partial charge in [0.25, 0.3) is 11.5 Å². The van der Waals surface area contributed by atoms with Crippen molar-refractivity contribution in [3.05, 3.63) is 64.1 Å². The first-order valence-corrected chi connectivity index (χ1v) is 7.99. The van der Waals surface area contributed by atoms with E-state index in [9.17, 15) is 14.4 Å². The van der Waals surface area contributed by atoms with Crippen LogP contribution in [-0.4, -0.2) is 35.1 Å². The highest BCUT2D eigenvalue weighted by atomic mass is 16.4. The summed E-state index contributed by atoms with van der Waals surface area (Å²) in [5.41, 5.74) is 1.39. The van der Waals surface area contributed by atoms with Crippen molar-refractivity contribution in [2.75, 3.05) is 18.5 Å². The predicted octanol–water partition coefficient (Wildman–Crippen LogP) is 1.24. The van der Waals surface area contributed by atoms with Crippen LogP contribution in [-0.2, 0) is 11.3 Å². The molecule has 7 heteroatoms. The molecular weight excluding hydrogens is 322 g/mol. The lowest BCUT2D eigenvalue weighted by atomic mass is 9.96. The van der Waals surface area contributed by atoms with Crippen molar-refractivity contribution in [1.29, 1.82) is 0 Å². The fourth-order valence-electron chi connectivity index (χ4n) is 3.09. The van der Waals surface area contributed by atoms with Crippen LogP contribution in [0.4, 0.5) is 5.69 Å². The number of amides is 1. The Kier molecular flexibility index (Phi) is 4.56. The number of nitrogens with one attached hydrogen (secondary N) is 1. The maximum atomic E-state index is 12.6. The van der Waals surface area contributed by atoms with Crippen LogP contribution in [0.3, 0.4) is 0 Å². The molecule has 3 rings (SSSR count). The molecule has 1 amide bonds. The maximum Gasteiger partial charge on any atom is 0.323 e. The molecule has 130 valence electrons. The Hall–Kier alpha value is -3.09. The van der Waals surface area contributed by atoms with Crippen molar-refractivity contribution in [2.45, 2.75) is 19.0 Å². The first kappa shape index (κ1) is 16.8. The number of pyridine rings is 1. The van der Waals surface area contributed by atoms with Crippen molar-refractivity contribution in [3.63, 3.8) is 0 Å². The Morgan fingerprint density at radius 1 is 1.24 bits per heavy atom. The smallest absolute Gasteiger partial charge is 0.323 e. The number of carbonyl (C=O) groups is 2. The number of aliphatic carboxylic acids is 1. The van der Waals surface area contributed by atoms with Crippen LogP contribution in [0.5, 0.6) is 0 Å². The summed E-state index contributed by atoms with van der Waals surface area (Å²) in [5.74, 6) is -1.63. The number of anilines is 1. The molecule has 0 spiro atoms. The lowest BCUT2D eigenvalue weighted by Gasteiger charge is -2.33. The molecule has 0 fully saturated rings. The summed E-state index contributed by atoms with van der Waals surface area (Å²) in [4.78, 5) is 37.8. The molecule has 2 aromatic rings. The van der Waals surface area contributed by atoms with Crippen LogP contribution in [0, 0.1) is 0 Å². The zero-order valence-electron chi connectivity index (χ0n) is 13.8. The van der Waals surface area contributed by atoms with E-state index in [0.717, 1.165) is 28.8 Å². The maximum absolute atomic E-state index is 12.6. The number of carboxylic acid groups (broad SMARTS) is 1. The van der Waals surface area contributed by atoms with Gasteiger partial charge in [0, 0.05) is 25.5 Å². The summed E-state index contributed by atoms with van der Waals surface area (Å²) in [6.07, 6.45) is 2.09. The molecule has 1 aromatic carbocycles. The first-order chi connectivity index (χ1) is 12.0. The van der Waals surface area contributed by atoms with Crippen LogP contribution in [0.15, 0.2) is 47.4 Å². The van der Waals surface area contributed by atoms with Gasteiger partial charge in [-0.3, -0.25) is 14.4 Å². The van der Waals surface area contributed by atoms with Crippen molar-refractivity contribution in [1.82, 2.24) is 9.88 Å². The number of nitrogens with zero attached hydrogens (tertiary/aromatic N) is 2. The van der Waals surface area contributed by atoms with Gasteiger partial charge in [0.2, 0.25) is 0 Å². The molecule has 0 saturated heterocycles. The van der Waals surface area contributed by atoms with Gasteiger partial charge in [0.05, 0.1) is 6.04 Å². The zero-order chi connectivity index (χ0) is 18.0. The largest absolute Gasteiger partial charge is 0.480 e. The topological polar surface area (TPSA) is 91.6 Å². The van der Waals surface area contributed by atoms with Gasteiger partial charge in [-0.15, -0.1) is 0 Å². The molecule has 1 unspecified atom stereocenters. The Labute approximate surface area is 144 Å². The summed E-state index contributed by atoms with van der Waals surface area (Å²) in [6.45, 7) is 0.316. The van der Waals surface area contributed by atoms with Crippen LogP contribution in [0.1, 0.15) is 28.4 Å². The lowest BCUT2D eigenvalue weighted by molar-refractivity contribution is -0.137. The van der Waals surface area contributed by atoms with Gasteiger partial charge in [-0.2, -0.15) is 0 Å². The number of hydrogen-bond donors (Lipinski definition) is 2. The summed E-state index contributed by atoms with van der Waals surface area (Å²) in [7, 11) is 2.00. The van der Waals surface area contributed by atoms with Gasteiger partial charge in [0.1, 0.15) is 12.1 Å². The molecule has 0 bridgehead atoms. The number of hydrogen-bond acceptors (Lipinski definition) is 4. The zero-order valence-corrected chi connectivity index (χ0v) is 13.8. The van der Waals surface area contributed by atoms with E-state index in [1.54, 1.807) is 0 Å². The van der Waals surface area contributed by atoms with Gasteiger partial charge in [-0.25, -0.2) is 0 Å². The third-order valence-electron chi connectivity index (χ3n) is 4.35. The molecule has 1 aliphatic rings. The number of fused-ring (bicyclic) bond motifs is 1. The van der Waals surface area contributed by atoms with Crippen molar-refractivity contribution < 1.29 is 14.7 Å². The van der Waals surface area contributed by atoms with Crippen LogP contribution in [0.25, 0.3) is 0 Å². The van der Waals surface area contributed by atoms with Crippen LogP contribution in [0.2, 0.25) is 0 Å². The monoisotopic (exact) mass is 341 g/mol. The SMILES string of the molecule is CN1CCC(NC(=O)c2cccn(CC(=O)O)c2=O)c2ccccc21. The predicted molar refractivity (Wildman–Crippen MR) is 92.9 cm³/mol. The molecule has 0 radical (unpaired) electrons. The quantitative estimate of drug-likeness (QED) is 0.873. The van der Waals surface area contributed by atoms with Crippen molar-refractivity contribution >= 4 is 17.6 Å². The fourth-order valence-corrected chi connectivity index (χ4v) is 3.09. The Morgan fingerprint density at radius 2 is 2.00 bits per heavy atom. The number of aromatic nitrogens is 1. The number of carbonyl (C=O) groups excluding carboxylic acids is 1. The Balaban J connectivity index is 1.85. The van der Waals surface area contributed by atoms with E-state index in [1.165, 1.54) is 18.3 Å². The van der Waals surface area contributed by atoms with Crippen molar-refractivity contribution in [2.24, 2.45) is 0 Å². The molecule has 1 aliphatic heterocycles. The summed E-state index contributed by atoms with van der Waals surface area (Å²) < 4.78 is 1.01. The molecule has 2 heterocycles. The second-order valence-electron chi connectivity index (χ2n) is 6.04. The third-order valence-corrected chi connectivity index (χ3v) is 4.35. The van der Waals surface area contributed by atoms with Gasteiger partial charge in [-0.1, -0.05) is 18.2 Å². The van der Waals surface area contributed by atoms with Gasteiger partial charge in [0.15, 0.2) is 0 Å². The highest BCUT2D eigenvalue weighted by Crippen LogP contribution is 2.32. The fraction of sp³-hybridized carbons (Fsp3) is 0.278. The molecule has 2 N–H and O–H groups in total. The van der Waals surface area contributed by atoms with E-state index in [2.05, 4.69) is 10.2 Å². The minimum Gasteiger partial charge on any atom is -0.480 e. The van der Waals surface area contributed by atoms with Gasteiger partial charge < -0.3 is 19.9 Å². The Bertz CT molecular complexity index is 875. The van der Waals surface area contributed by atoms with Gasteiger partial charge in [-0.05, 0) is 30.2 Å². The minimum atomic E-state index is -1.14. The van der Waals surface area contributed by atoms with E-state index < -0.39 is 24.0 Å². The summed E-state index contributed by atoms with van der Waals surface area (Å²) in [6, 6.07) is 10.5. The molecule has 7 nitrogen and oxygen atoms in total. The minimum absolute atomic E-state index is 0.0554. The molecule has 0 saturated carbocycles. The summed E-state index contributed by atoms with van der Waals surface area (Å²) in [5, 5.41) is 11.8. The normalized spacial score (nSPS) is 16.2. The summed E-state index contributed by atoms with van der Waals surface area (Å²) >= 11 is 0. The molecule has 1 aromatic heterocycles. The number of carboxylic acids is 1. The standard InChI is InChI=1S/C18H19N3O4/c1-20-10-8-14(12-5-2-3-7-15(12)20)19-17(24)13-6-4-9-21(18(13)25)11-16(22)23/h2-7,9,14H,8,10-11H2,1H3,(H,19,24)(H,22,23). The highest BCUT2D eigenvalue weighted by molar-refractivity contribution is 5.94. The second-order valence-corrected chi connectivity index (χ2v) is 6.04. The van der Waals surface area contributed by atoms with Crippen LogP contribution < -0.4 is 15.8 Å². The van der Waals surface area contributed by atoms with E-state index in [4.69, 9.17) is 5.11 Å². The lowest BCUT2D eigenvalue weighted by Crippen LogP contribution is -2.39. The van der Waals surface area contributed by atoms with E-state index in [-0.39, 0.29) is 11.6 Å². The first-order valence-electron chi connectivity index (χ1n) is 7.99. The highest BCUT2D eigenvalue weighted by Gasteiger charge is 2.25. The average Bonchev–Trinajstić information content (AvgIpc) is 2.59. The third kappa shape index (κ3) is 3.40. The molecule has 1 atom stereocenters. The van der Waals surface area contributed by atoms with E-state index in [1.807, 2.05) is 31.3 Å². The number of rotatable bonds is 4. The van der Waals surface area contributed by atoms with Crippen LogP contribution >= 0.6 is 0 Å².